The zero-order chi connectivity index (χ0) is 8.27. The maximum absolute atomic E-state index is 10.9. The van der Waals surface area contributed by atoms with Gasteiger partial charge in [-0.1, -0.05) is 6.07 Å². The summed E-state index contributed by atoms with van der Waals surface area (Å²) in [6, 6.07) is 4.75. The molecule has 0 N–H and O–H groups in total. The van der Waals surface area contributed by atoms with Gasteiger partial charge in [-0.2, -0.15) is 4.99 Å². The van der Waals surface area contributed by atoms with Crippen LogP contribution in [0.25, 0.3) is 0 Å². The second-order valence-electron chi connectivity index (χ2n) is 2.21. The Bertz CT molecular complexity index is 301. The first-order valence-corrected chi connectivity index (χ1v) is 3.50. The van der Waals surface area contributed by atoms with E-state index in [1.54, 1.807) is 12.1 Å². The number of aryl methyl sites for hydroxylation is 1. The Morgan fingerprint density at radius 1 is 1.42 bits per heavy atom. The van der Waals surface area contributed by atoms with Crippen LogP contribution in [-0.2, 0) is 0 Å². The molecule has 12 heavy (non-hydrogen) atoms. The number of aliphatic imine (C=N–C) groups is 1. The molecule has 0 saturated heterocycles. The van der Waals surface area contributed by atoms with Crippen molar-refractivity contribution in [1.29, 1.82) is 0 Å². The average molecular weight is 250 g/mol. The third kappa shape index (κ3) is 4.03. The number of nitrogens with zero attached hydrogens (tertiary/aromatic N) is 1. The van der Waals surface area contributed by atoms with Crippen LogP contribution in [0.3, 0.4) is 0 Å². The minimum atomic E-state index is -0.0472. The van der Waals surface area contributed by atoms with Gasteiger partial charge >= 0.3 is 58.2 Å². The van der Waals surface area contributed by atoms with Crippen molar-refractivity contribution in [1.82, 2.24) is 0 Å². The normalized spacial score (nSPS) is 8.08. The first-order chi connectivity index (χ1) is 5.22. The summed E-state index contributed by atoms with van der Waals surface area (Å²) in [4.78, 5) is 3.69. The molecule has 0 spiro atoms. The summed E-state index contributed by atoms with van der Waals surface area (Å²) in [7, 11) is 0. The molecular formula is C8H6NORbS. The van der Waals surface area contributed by atoms with E-state index in [1.807, 2.05) is 6.92 Å². The summed E-state index contributed by atoms with van der Waals surface area (Å²) >= 11 is 4.40. The van der Waals surface area contributed by atoms with Crippen LogP contribution >= 0.6 is 12.2 Å². The first kappa shape index (κ1) is 12.6. The Labute approximate surface area is 126 Å². The quantitative estimate of drug-likeness (QED) is 0.463. The maximum Gasteiger partial charge on any atom is 1.00 e. The van der Waals surface area contributed by atoms with Crippen LogP contribution in [0.4, 0.5) is 5.69 Å². The van der Waals surface area contributed by atoms with Gasteiger partial charge in [-0.25, -0.2) is 0 Å². The van der Waals surface area contributed by atoms with E-state index in [2.05, 4.69) is 22.4 Å². The van der Waals surface area contributed by atoms with E-state index in [4.69, 9.17) is 0 Å². The average Bonchev–Trinajstić information content (AvgIpc) is 1.85. The molecular weight excluding hydrogens is 244 g/mol. The molecule has 0 aromatic heterocycles. The number of hydrogen-bond donors (Lipinski definition) is 0. The monoisotopic (exact) mass is 249 g/mol. The largest absolute Gasteiger partial charge is 1.00 e. The number of rotatable bonds is 1. The number of thiocarbonyl (C=S) groups is 1. The number of benzene rings is 1. The molecule has 0 unspecified atom stereocenters. The van der Waals surface area contributed by atoms with Crippen molar-refractivity contribution >= 4 is 23.1 Å². The van der Waals surface area contributed by atoms with Gasteiger partial charge in [-0.15, -0.1) is 5.75 Å². The van der Waals surface area contributed by atoms with Crippen LogP contribution in [0.5, 0.6) is 5.75 Å². The van der Waals surface area contributed by atoms with Gasteiger partial charge in [0.1, 0.15) is 0 Å². The zero-order valence-electron chi connectivity index (χ0n) is 7.00. The smallest absolute Gasteiger partial charge is 0.872 e. The Balaban J connectivity index is 0.00000121. The topological polar surface area (TPSA) is 35.4 Å². The molecule has 0 amide bonds. The van der Waals surface area contributed by atoms with Crippen molar-refractivity contribution in [2.45, 2.75) is 6.92 Å². The Morgan fingerprint density at radius 2 is 2.08 bits per heavy atom. The molecule has 4 heteroatoms. The molecule has 0 aliphatic rings. The van der Waals surface area contributed by atoms with E-state index in [-0.39, 0.29) is 63.9 Å². The summed E-state index contributed by atoms with van der Waals surface area (Å²) in [5.74, 6) is -0.0472. The second kappa shape index (κ2) is 6.14. The second-order valence-corrected chi connectivity index (χ2v) is 2.39. The van der Waals surface area contributed by atoms with Crippen molar-refractivity contribution in [2.24, 2.45) is 4.99 Å². The predicted octanol–water partition coefficient (Wildman–Crippen LogP) is -1.19. The van der Waals surface area contributed by atoms with E-state index in [9.17, 15) is 5.11 Å². The molecule has 1 aromatic rings. The summed E-state index contributed by atoms with van der Waals surface area (Å²) < 4.78 is 0. The molecule has 0 saturated carbocycles. The van der Waals surface area contributed by atoms with E-state index < -0.39 is 0 Å². The van der Waals surface area contributed by atoms with E-state index >= 15 is 0 Å². The van der Waals surface area contributed by atoms with E-state index in [0.29, 0.717) is 5.69 Å². The van der Waals surface area contributed by atoms with Crippen LogP contribution in [0.2, 0.25) is 0 Å². The van der Waals surface area contributed by atoms with Crippen molar-refractivity contribution < 1.29 is 63.3 Å². The standard InChI is InChI=1S/C8H7NOS.Rb/c1-6-2-7(9-5-11)4-8(10)3-6;/h2-4,10H,1H3;/q;+1/p-1. The fraction of sp³-hybridized carbons (Fsp3) is 0.125. The summed E-state index contributed by atoms with van der Waals surface area (Å²) in [6.45, 7) is 1.84. The molecule has 1 rings (SSSR count). The zero-order valence-corrected chi connectivity index (χ0v) is 12.7. The molecule has 1 aromatic carbocycles. The van der Waals surface area contributed by atoms with Gasteiger partial charge in [0, 0.05) is 0 Å². The molecule has 0 aliphatic carbocycles. The fourth-order valence-electron chi connectivity index (χ4n) is 0.846. The molecule has 0 bridgehead atoms. The Morgan fingerprint density at radius 3 is 2.58 bits per heavy atom. The predicted molar refractivity (Wildman–Crippen MR) is 45.3 cm³/mol. The molecule has 2 nitrogen and oxygen atoms in total. The van der Waals surface area contributed by atoms with Crippen LogP contribution in [0, 0.1) is 6.92 Å². The molecule has 56 valence electrons. The first-order valence-electron chi connectivity index (χ1n) is 3.09. The summed E-state index contributed by atoms with van der Waals surface area (Å²) in [5.41, 5.74) is 1.46. The fourth-order valence-corrected chi connectivity index (χ4v) is 0.951. The Hall–Kier alpha value is 0.625. The molecule has 0 atom stereocenters. The SMILES string of the molecule is Cc1cc([O-])cc(N=C=S)c1.[Rb+]. The van der Waals surface area contributed by atoms with Gasteiger partial charge in [0.2, 0.25) is 0 Å². The Kier molecular flexibility index (Phi) is 6.46. The van der Waals surface area contributed by atoms with Crippen LogP contribution in [0.1, 0.15) is 5.56 Å². The number of isothiocyanates is 1. The van der Waals surface area contributed by atoms with Crippen molar-refractivity contribution in [3.8, 4) is 5.75 Å². The van der Waals surface area contributed by atoms with E-state index in [0.717, 1.165) is 5.56 Å². The van der Waals surface area contributed by atoms with Crippen LogP contribution in [-0.4, -0.2) is 5.16 Å². The van der Waals surface area contributed by atoms with Gasteiger partial charge in [0.25, 0.3) is 0 Å². The minimum Gasteiger partial charge on any atom is -0.872 e. The van der Waals surface area contributed by atoms with Crippen molar-refractivity contribution in [3.05, 3.63) is 23.8 Å². The summed E-state index contributed by atoms with van der Waals surface area (Å²) in [6.07, 6.45) is 0. The third-order valence-electron chi connectivity index (χ3n) is 1.21. The van der Waals surface area contributed by atoms with Gasteiger partial charge in [0.15, 0.2) is 0 Å². The molecule has 0 radical (unpaired) electrons. The van der Waals surface area contributed by atoms with Gasteiger partial charge in [-0.3, -0.25) is 0 Å². The molecule has 0 aliphatic heterocycles. The van der Waals surface area contributed by atoms with Crippen LogP contribution in [0.15, 0.2) is 23.2 Å². The van der Waals surface area contributed by atoms with Gasteiger partial charge in [-0.05, 0) is 36.8 Å². The molecule has 0 fully saturated rings. The van der Waals surface area contributed by atoms with E-state index in [1.165, 1.54) is 6.07 Å². The molecule has 0 heterocycles. The number of hydrogen-bond acceptors (Lipinski definition) is 3. The summed E-state index contributed by atoms with van der Waals surface area (Å²) in [5, 5.41) is 13.1. The van der Waals surface area contributed by atoms with Crippen molar-refractivity contribution in [3.63, 3.8) is 0 Å². The van der Waals surface area contributed by atoms with Gasteiger partial charge in [0.05, 0.1) is 10.8 Å². The maximum atomic E-state index is 10.9. The van der Waals surface area contributed by atoms with Crippen LogP contribution < -0.4 is 63.3 Å². The van der Waals surface area contributed by atoms with Crippen molar-refractivity contribution in [2.75, 3.05) is 0 Å². The van der Waals surface area contributed by atoms with Gasteiger partial charge < -0.3 is 5.11 Å². The third-order valence-corrected chi connectivity index (χ3v) is 1.30. The minimum absolute atomic E-state index is 0.